The number of rotatable bonds is 2. The molecule has 0 radical (unpaired) electrons. The van der Waals surface area contributed by atoms with Gasteiger partial charge in [0.2, 0.25) is 0 Å². The van der Waals surface area contributed by atoms with Crippen molar-refractivity contribution in [2.75, 3.05) is 0 Å². The zero-order valence-corrected chi connectivity index (χ0v) is 11.0. The lowest BCUT2D eigenvalue weighted by Crippen LogP contribution is -1.97. The summed E-state index contributed by atoms with van der Waals surface area (Å²) < 4.78 is 5.23. The molecular formula is C17H13NO2. The van der Waals surface area contributed by atoms with Gasteiger partial charge in [-0.25, -0.2) is 9.79 Å². The lowest BCUT2D eigenvalue weighted by Gasteiger charge is -1.98. The van der Waals surface area contributed by atoms with Crippen molar-refractivity contribution >= 4 is 22.9 Å². The number of aryl methyl sites for hydroxylation is 1. The van der Waals surface area contributed by atoms with Crippen LogP contribution in [0.15, 0.2) is 68.8 Å². The SMILES string of the molecule is Cc1ccc(C=Nc2cc3ccccc3oc2=O)cc1. The Morgan fingerprint density at radius 3 is 2.60 bits per heavy atom. The summed E-state index contributed by atoms with van der Waals surface area (Å²) in [5.74, 6) is 0. The van der Waals surface area contributed by atoms with E-state index in [0.717, 1.165) is 10.9 Å². The molecule has 0 aliphatic heterocycles. The Morgan fingerprint density at radius 1 is 1.05 bits per heavy atom. The topological polar surface area (TPSA) is 42.6 Å². The van der Waals surface area contributed by atoms with Gasteiger partial charge in [-0.1, -0.05) is 48.0 Å². The van der Waals surface area contributed by atoms with E-state index in [1.165, 1.54) is 5.56 Å². The lowest BCUT2D eigenvalue weighted by atomic mass is 10.2. The van der Waals surface area contributed by atoms with Gasteiger partial charge in [0.25, 0.3) is 0 Å². The summed E-state index contributed by atoms with van der Waals surface area (Å²) in [6.07, 6.45) is 1.67. The second-order valence-corrected chi connectivity index (χ2v) is 4.63. The molecule has 0 saturated heterocycles. The predicted octanol–water partition coefficient (Wildman–Crippen LogP) is 3.85. The summed E-state index contributed by atoms with van der Waals surface area (Å²) in [5.41, 5.74) is 2.60. The summed E-state index contributed by atoms with van der Waals surface area (Å²) in [7, 11) is 0. The monoisotopic (exact) mass is 263 g/mol. The first kappa shape index (κ1) is 12.4. The summed E-state index contributed by atoms with van der Waals surface area (Å²) in [6.45, 7) is 2.03. The van der Waals surface area contributed by atoms with Crippen LogP contribution in [0.5, 0.6) is 0 Å². The normalized spacial score (nSPS) is 11.2. The average molecular weight is 263 g/mol. The summed E-state index contributed by atoms with van der Waals surface area (Å²) in [6, 6.07) is 17.1. The third-order valence-corrected chi connectivity index (χ3v) is 3.05. The molecule has 1 aromatic heterocycles. The molecule has 0 spiro atoms. The van der Waals surface area contributed by atoms with Gasteiger partial charge in [0.15, 0.2) is 0 Å². The van der Waals surface area contributed by atoms with Gasteiger partial charge < -0.3 is 4.42 Å². The van der Waals surface area contributed by atoms with Crippen molar-refractivity contribution in [2.45, 2.75) is 6.92 Å². The Balaban J connectivity index is 2.00. The van der Waals surface area contributed by atoms with Crippen molar-refractivity contribution in [1.29, 1.82) is 0 Å². The van der Waals surface area contributed by atoms with E-state index in [2.05, 4.69) is 4.99 Å². The summed E-state index contributed by atoms with van der Waals surface area (Å²) >= 11 is 0. The van der Waals surface area contributed by atoms with E-state index >= 15 is 0 Å². The Bertz CT molecular complexity index is 829. The lowest BCUT2D eigenvalue weighted by molar-refractivity contribution is 0.563. The maximum Gasteiger partial charge on any atom is 0.362 e. The minimum Gasteiger partial charge on any atom is -0.421 e. The van der Waals surface area contributed by atoms with Crippen molar-refractivity contribution in [2.24, 2.45) is 4.99 Å². The molecule has 0 N–H and O–H groups in total. The van der Waals surface area contributed by atoms with Gasteiger partial charge in [-0.15, -0.1) is 0 Å². The molecule has 0 aliphatic rings. The fraction of sp³-hybridized carbons (Fsp3) is 0.0588. The standard InChI is InChI=1S/C17H13NO2/c1-12-6-8-13(9-7-12)11-18-15-10-14-4-2-3-5-16(14)20-17(15)19/h2-11H,1H3. The highest BCUT2D eigenvalue weighted by molar-refractivity contribution is 5.84. The van der Waals surface area contributed by atoms with E-state index in [1.54, 1.807) is 18.3 Å². The van der Waals surface area contributed by atoms with E-state index in [4.69, 9.17) is 4.42 Å². The molecule has 0 bridgehead atoms. The molecule has 3 heteroatoms. The molecule has 0 unspecified atom stereocenters. The van der Waals surface area contributed by atoms with Crippen molar-refractivity contribution < 1.29 is 4.42 Å². The van der Waals surface area contributed by atoms with Crippen LogP contribution in [0.1, 0.15) is 11.1 Å². The number of hydrogen-bond donors (Lipinski definition) is 0. The highest BCUT2D eigenvalue weighted by Crippen LogP contribution is 2.16. The molecule has 20 heavy (non-hydrogen) atoms. The van der Waals surface area contributed by atoms with Crippen LogP contribution in [-0.2, 0) is 0 Å². The van der Waals surface area contributed by atoms with Crippen LogP contribution in [0.2, 0.25) is 0 Å². The molecule has 0 amide bonds. The first-order chi connectivity index (χ1) is 9.72. The van der Waals surface area contributed by atoms with Crippen molar-refractivity contribution in [3.8, 4) is 0 Å². The number of nitrogens with zero attached hydrogens (tertiary/aromatic N) is 1. The molecule has 0 fully saturated rings. The van der Waals surface area contributed by atoms with Crippen LogP contribution in [0.25, 0.3) is 11.0 Å². The van der Waals surface area contributed by atoms with Crippen LogP contribution in [0.3, 0.4) is 0 Å². The van der Waals surface area contributed by atoms with Gasteiger partial charge >= 0.3 is 5.63 Å². The second kappa shape index (κ2) is 5.13. The third-order valence-electron chi connectivity index (χ3n) is 3.05. The molecule has 2 aromatic carbocycles. The van der Waals surface area contributed by atoms with Crippen LogP contribution < -0.4 is 5.63 Å². The third kappa shape index (κ3) is 2.52. The van der Waals surface area contributed by atoms with E-state index in [0.29, 0.717) is 11.3 Å². The second-order valence-electron chi connectivity index (χ2n) is 4.63. The number of para-hydroxylation sites is 1. The van der Waals surface area contributed by atoms with Crippen molar-refractivity contribution in [3.63, 3.8) is 0 Å². The Kier molecular flexibility index (Phi) is 3.17. The van der Waals surface area contributed by atoms with Crippen LogP contribution >= 0.6 is 0 Å². The molecule has 0 atom stereocenters. The van der Waals surface area contributed by atoms with Gasteiger partial charge in [-0.3, -0.25) is 0 Å². The number of benzene rings is 2. The van der Waals surface area contributed by atoms with Crippen molar-refractivity contribution in [3.05, 3.63) is 76.1 Å². The molecule has 0 aliphatic carbocycles. The predicted molar refractivity (Wildman–Crippen MR) is 80.9 cm³/mol. The smallest absolute Gasteiger partial charge is 0.362 e. The van der Waals surface area contributed by atoms with Crippen LogP contribution in [0.4, 0.5) is 5.69 Å². The summed E-state index contributed by atoms with van der Waals surface area (Å²) in [4.78, 5) is 16.1. The number of fused-ring (bicyclic) bond motifs is 1. The largest absolute Gasteiger partial charge is 0.421 e. The molecule has 1 heterocycles. The minimum atomic E-state index is -0.424. The quantitative estimate of drug-likeness (QED) is 0.520. The molecule has 3 nitrogen and oxygen atoms in total. The minimum absolute atomic E-state index is 0.310. The van der Waals surface area contributed by atoms with Gasteiger partial charge in [-0.05, 0) is 24.6 Å². The van der Waals surface area contributed by atoms with Crippen LogP contribution in [0, 0.1) is 6.92 Å². The van der Waals surface area contributed by atoms with E-state index in [-0.39, 0.29) is 0 Å². The zero-order valence-electron chi connectivity index (χ0n) is 11.0. The molecule has 3 aromatic rings. The average Bonchev–Trinajstić information content (AvgIpc) is 2.47. The van der Waals surface area contributed by atoms with Gasteiger partial charge in [0.1, 0.15) is 11.3 Å². The first-order valence-electron chi connectivity index (χ1n) is 6.36. The summed E-state index contributed by atoms with van der Waals surface area (Å²) in [5, 5.41) is 0.864. The maximum atomic E-state index is 11.8. The molecule has 3 rings (SSSR count). The highest BCUT2D eigenvalue weighted by Gasteiger charge is 2.02. The van der Waals surface area contributed by atoms with Crippen LogP contribution in [-0.4, -0.2) is 6.21 Å². The zero-order chi connectivity index (χ0) is 13.9. The van der Waals surface area contributed by atoms with Gasteiger partial charge in [0.05, 0.1) is 0 Å². The van der Waals surface area contributed by atoms with E-state index < -0.39 is 5.63 Å². The Labute approximate surface area is 116 Å². The Hall–Kier alpha value is -2.68. The highest BCUT2D eigenvalue weighted by atomic mass is 16.4. The Morgan fingerprint density at radius 2 is 1.80 bits per heavy atom. The first-order valence-corrected chi connectivity index (χ1v) is 6.36. The van der Waals surface area contributed by atoms with E-state index in [9.17, 15) is 4.79 Å². The molecule has 98 valence electrons. The maximum absolute atomic E-state index is 11.8. The number of aliphatic imine (C=N–C) groups is 1. The van der Waals surface area contributed by atoms with Crippen molar-refractivity contribution in [1.82, 2.24) is 0 Å². The fourth-order valence-electron chi connectivity index (χ4n) is 1.94. The van der Waals surface area contributed by atoms with Gasteiger partial charge in [0, 0.05) is 11.6 Å². The molecular weight excluding hydrogens is 250 g/mol. The molecule has 0 saturated carbocycles. The number of hydrogen-bond acceptors (Lipinski definition) is 3. The van der Waals surface area contributed by atoms with E-state index in [1.807, 2.05) is 49.4 Å². The van der Waals surface area contributed by atoms with Gasteiger partial charge in [-0.2, -0.15) is 0 Å². The fourth-order valence-corrected chi connectivity index (χ4v) is 1.94.